The van der Waals surface area contributed by atoms with Crippen molar-refractivity contribution in [3.8, 4) is 0 Å². The van der Waals surface area contributed by atoms with Gasteiger partial charge in [0, 0.05) is 5.38 Å². The maximum Gasteiger partial charge on any atom is 0.144 e. The van der Waals surface area contributed by atoms with Crippen LogP contribution < -0.4 is 0 Å². The summed E-state index contributed by atoms with van der Waals surface area (Å²) in [5.41, 5.74) is 2.49. The molecule has 5 heteroatoms. The third-order valence-electron chi connectivity index (χ3n) is 1.26. The highest BCUT2D eigenvalue weighted by molar-refractivity contribution is 7.91. The van der Waals surface area contributed by atoms with Gasteiger partial charge >= 0.3 is 0 Å². The summed E-state index contributed by atoms with van der Waals surface area (Å²) in [5.74, 6) is 0. The zero-order chi connectivity index (χ0) is 9.90. The lowest BCUT2D eigenvalue weighted by atomic mass is 10.3. The Morgan fingerprint density at radius 3 is 2.77 bits per heavy atom. The van der Waals surface area contributed by atoms with Gasteiger partial charge < -0.3 is 4.55 Å². The molecule has 13 heavy (non-hydrogen) atoms. The Bertz CT molecular complexity index is 277. The first kappa shape index (κ1) is 10.7. The molecule has 1 heterocycles. The molecule has 0 N–H and O–H groups in total. The zero-order valence-electron chi connectivity index (χ0n) is 7.85. The molecule has 1 rings (SSSR count). The second-order valence-electron chi connectivity index (χ2n) is 3.51. The standard InChI is InChI=1S/C8H12N2OS2/c1-8(2,3)13(11)10-4-7-5-12-6-9-7/h4-6H,1-3H3/b10-4+. The van der Waals surface area contributed by atoms with Crippen LogP contribution in [0.5, 0.6) is 0 Å². The highest BCUT2D eigenvalue weighted by atomic mass is 32.2. The first-order valence-electron chi connectivity index (χ1n) is 3.84. The van der Waals surface area contributed by atoms with Gasteiger partial charge in [-0.25, -0.2) is 4.98 Å². The average Bonchev–Trinajstić information content (AvgIpc) is 2.50. The molecule has 1 atom stereocenters. The van der Waals surface area contributed by atoms with E-state index in [1.165, 1.54) is 11.3 Å². The number of hydrogen-bond donors (Lipinski definition) is 0. The molecule has 0 fully saturated rings. The van der Waals surface area contributed by atoms with E-state index in [1.807, 2.05) is 26.2 Å². The number of thiazole rings is 1. The van der Waals surface area contributed by atoms with Gasteiger partial charge in [0.15, 0.2) is 0 Å². The molecular formula is C8H12N2OS2. The first-order valence-corrected chi connectivity index (χ1v) is 5.89. The summed E-state index contributed by atoms with van der Waals surface area (Å²) in [6, 6.07) is 0. The van der Waals surface area contributed by atoms with Crippen molar-refractivity contribution in [3.63, 3.8) is 0 Å². The van der Waals surface area contributed by atoms with Crippen LogP contribution in [0, 0.1) is 0 Å². The molecule has 0 aromatic carbocycles. The first-order chi connectivity index (χ1) is 6.00. The van der Waals surface area contributed by atoms with Crippen LogP contribution in [0.4, 0.5) is 0 Å². The molecule has 1 unspecified atom stereocenters. The van der Waals surface area contributed by atoms with Crippen LogP contribution in [0.3, 0.4) is 0 Å². The minimum Gasteiger partial charge on any atom is -0.591 e. The predicted molar refractivity (Wildman–Crippen MR) is 57.6 cm³/mol. The Balaban J connectivity index is 2.59. The van der Waals surface area contributed by atoms with Crippen molar-refractivity contribution < 1.29 is 4.55 Å². The fourth-order valence-electron chi connectivity index (χ4n) is 0.546. The van der Waals surface area contributed by atoms with Crippen LogP contribution in [0.2, 0.25) is 0 Å². The highest BCUT2D eigenvalue weighted by Crippen LogP contribution is 2.16. The van der Waals surface area contributed by atoms with E-state index in [4.69, 9.17) is 0 Å². The van der Waals surface area contributed by atoms with E-state index in [0.717, 1.165) is 5.69 Å². The molecule has 0 amide bonds. The Labute approximate surface area is 85.2 Å². The third-order valence-corrected chi connectivity index (χ3v) is 3.21. The number of hydrogen-bond acceptors (Lipinski definition) is 4. The molecule has 0 aliphatic rings. The summed E-state index contributed by atoms with van der Waals surface area (Å²) in [4.78, 5) is 4.01. The quantitative estimate of drug-likeness (QED) is 0.561. The maximum atomic E-state index is 11.4. The van der Waals surface area contributed by atoms with E-state index >= 15 is 0 Å². The van der Waals surface area contributed by atoms with E-state index in [-0.39, 0.29) is 4.75 Å². The van der Waals surface area contributed by atoms with Crippen molar-refractivity contribution in [1.82, 2.24) is 4.98 Å². The maximum absolute atomic E-state index is 11.4. The van der Waals surface area contributed by atoms with Gasteiger partial charge in [-0.3, -0.25) is 0 Å². The van der Waals surface area contributed by atoms with Gasteiger partial charge in [-0.1, -0.05) is 4.40 Å². The fourth-order valence-corrected chi connectivity index (χ4v) is 1.57. The number of nitrogens with zero attached hydrogens (tertiary/aromatic N) is 2. The summed E-state index contributed by atoms with van der Waals surface area (Å²) in [7, 11) is 0. The molecule has 1 aromatic rings. The lowest BCUT2D eigenvalue weighted by molar-refractivity contribution is 0.562. The van der Waals surface area contributed by atoms with Gasteiger partial charge in [0.25, 0.3) is 0 Å². The molecule has 1 aromatic heterocycles. The molecular weight excluding hydrogens is 204 g/mol. The summed E-state index contributed by atoms with van der Waals surface area (Å²) < 4.78 is 15.1. The highest BCUT2D eigenvalue weighted by Gasteiger charge is 2.25. The van der Waals surface area contributed by atoms with Crippen LogP contribution in [-0.4, -0.2) is 20.5 Å². The predicted octanol–water partition coefficient (Wildman–Crippen LogP) is 2.02. The van der Waals surface area contributed by atoms with Crippen LogP contribution in [-0.2, 0) is 11.4 Å². The summed E-state index contributed by atoms with van der Waals surface area (Å²) in [6.07, 6.45) is 1.55. The molecule has 0 saturated heterocycles. The SMILES string of the molecule is CC(C)(C)[S+]([O-])/N=C/c1cscn1. The number of rotatable bonds is 2. The third kappa shape index (κ3) is 3.46. The lowest BCUT2D eigenvalue weighted by Gasteiger charge is -2.17. The normalized spacial score (nSPS) is 15.1. The molecule has 0 bridgehead atoms. The van der Waals surface area contributed by atoms with Gasteiger partial charge in [0.05, 0.1) is 11.2 Å². The van der Waals surface area contributed by atoms with E-state index < -0.39 is 11.4 Å². The van der Waals surface area contributed by atoms with Crippen molar-refractivity contribution in [1.29, 1.82) is 0 Å². The second kappa shape index (κ2) is 4.21. The minimum absolute atomic E-state index is 0.299. The zero-order valence-corrected chi connectivity index (χ0v) is 9.48. The van der Waals surface area contributed by atoms with Gasteiger partial charge in [-0.2, -0.15) is 0 Å². The molecule has 0 saturated carbocycles. The molecule has 0 aliphatic heterocycles. The van der Waals surface area contributed by atoms with Crippen LogP contribution in [0.15, 0.2) is 15.3 Å². The minimum atomic E-state index is -1.19. The fraction of sp³-hybridized carbons (Fsp3) is 0.500. The van der Waals surface area contributed by atoms with Gasteiger partial charge in [-0.05, 0) is 20.8 Å². The Kier molecular flexibility index (Phi) is 3.47. The topological polar surface area (TPSA) is 48.3 Å². The largest absolute Gasteiger partial charge is 0.591 e. The Morgan fingerprint density at radius 1 is 1.62 bits per heavy atom. The number of aromatic nitrogens is 1. The lowest BCUT2D eigenvalue weighted by Crippen LogP contribution is -2.25. The van der Waals surface area contributed by atoms with Crippen molar-refractivity contribution in [2.24, 2.45) is 4.40 Å². The molecule has 0 radical (unpaired) electrons. The van der Waals surface area contributed by atoms with E-state index in [1.54, 1.807) is 11.7 Å². The molecule has 72 valence electrons. The van der Waals surface area contributed by atoms with Crippen LogP contribution in [0.1, 0.15) is 26.5 Å². The summed E-state index contributed by atoms with van der Waals surface area (Å²) >= 11 is 0.310. The van der Waals surface area contributed by atoms with Crippen molar-refractivity contribution in [3.05, 3.63) is 16.6 Å². The molecule has 0 aliphatic carbocycles. The van der Waals surface area contributed by atoms with Gasteiger partial charge in [-0.15, -0.1) is 11.3 Å². The van der Waals surface area contributed by atoms with Crippen LogP contribution in [0.25, 0.3) is 0 Å². The monoisotopic (exact) mass is 216 g/mol. The van der Waals surface area contributed by atoms with E-state index in [2.05, 4.69) is 9.38 Å². The van der Waals surface area contributed by atoms with Gasteiger partial charge in [0.2, 0.25) is 0 Å². The van der Waals surface area contributed by atoms with E-state index in [9.17, 15) is 4.55 Å². The molecule has 0 spiro atoms. The second-order valence-corrected chi connectivity index (χ2v) is 6.16. The van der Waals surface area contributed by atoms with Crippen molar-refractivity contribution in [2.75, 3.05) is 0 Å². The summed E-state index contributed by atoms with van der Waals surface area (Å²) in [5, 5.41) is 1.86. The van der Waals surface area contributed by atoms with Crippen molar-refractivity contribution in [2.45, 2.75) is 25.5 Å². The van der Waals surface area contributed by atoms with Crippen LogP contribution >= 0.6 is 11.3 Å². The van der Waals surface area contributed by atoms with Crippen molar-refractivity contribution >= 4 is 28.9 Å². The smallest absolute Gasteiger partial charge is 0.144 e. The Morgan fingerprint density at radius 2 is 2.31 bits per heavy atom. The molecule has 3 nitrogen and oxygen atoms in total. The summed E-state index contributed by atoms with van der Waals surface area (Å²) in [6.45, 7) is 5.67. The van der Waals surface area contributed by atoms with Gasteiger partial charge in [0.1, 0.15) is 22.3 Å². The Hall–Kier alpha value is -0.390. The van der Waals surface area contributed by atoms with E-state index in [0.29, 0.717) is 0 Å². The average molecular weight is 216 g/mol.